The number of pyridine rings is 1. The summed E-state index contributed by atoms with van der Waals surface area (Å²) in [6, 6.07) is 13.9. The highest BCUT2D eigenvalue weighted by molar-refractivity contribution is 14.0. The van der Waals surface area contributed by atoms with E-state index in [0.29, 0.717) is 25.5 Å². The molecule has 32 heavy (non-hydrogen) atoms. The summed E-state index contributed by atoms with van der Waals surface area (Å²) in [5.41, 5.74) is 2.06. The van der Waals surface area contributed by atoms with Crippen molar-refractivity contribution >= 4 is 47.3 Å². The molecule has 1 amide bonds. The smallest absolute Gasteiger partial charge is 0.229 e. The Labute approximate surface area is 206 Å². The monoisotopic (exact) mass is 550 g/mol. The molecule has 172 valence electrons. The number of carbonyl (C=O) groups is 1. The van der Waals surface area contributed by atoms with Gasteiger partial charge in [-0.25, -0.2) is 4.98 Å². The first-order chi connectivity index (χ1) is 15.1. The summed E-state index contributed by atoms with van der Waals surface area (Å²) in [5.74, 6) is 1.78. The van der Waals surface area contributed by atoms with Crippen molar-refractivity contribution in [3.63, 3.8) is 0 Å². The Kier molecular flexibility index (Phi) is 8.68. The van der Waals surface area contributed by atoms with Gasteiger partial charge in [-0.15, -0.1) is 24.0 Å². The summed E-state index contributed by atoms with van der Waals surface area (Å²) >= 11 is 0. The molecule has 2 atom stereocenters. The third-order valence-corrected chi connectivity index (χ3v) is 5.59. The quantitative estimate of drug-likeness (QED) is 0.338. The molecule has 0 spiro atoms. The summed E-state index contributed by atoms with van der Waals surface area (Å²) in [6.07, 6.45) is 2.50. The number of aliphatic imine (C=N–C) groups is 1. The second kappa shape index (κ2) is 11.5. The molecule has 2 N–H and O–H groups in total. The van der Waals surface area contributed by atoms with Crippen LogP contribution in [0, 0.1) is 0 Å². The molecule has 2 unspecified atom stereocenters. The minimum Gasteiger partial charge on any atom is -0.375 e. The Balaban J connectivity index is 0.00000289. The summed E-state index contributed by atoms with van der Waals surface area (Å²) in [4.78, 5) is 25.4. The number of hydrogen-bond acceptors (Lipinski definition) is 5. The number of para-hydroxylation sites is 1. The number of nitrogens with one attached hydrogen (secondary N) is 2. The SMILES string of the molecule is CN=C(NCc1ccnc(N2CCOC(C)C2)c1)NC1CC(=O)N(c2ccccc2)C1.I. The van der Waals surface area contributed by atoms with E-state index < -0.39 is 0 Å². The number of nitrogens with zero attached hydrogens (tertiary/aromatic N) is 4. The topological polar surface area (TPSA) is 82.1 Å². The number of rotatable bonds is 5. The van der Waals surface area contributed by atoms with Crippen LogP contribution in [-0.2, 0) is 16.1 Å². The van der Waals surface area contributed by atoms with Gasteiger partial charge in [-0.05, 0) is 36.8 Å². The van der Waals surface area contributed by atoms with E-state index in [1.165, 1.54) is 0 Å². The maximum absolute atomic E-state index is 12.5. The lowest BCUT2D eigenvalue weighted by Gasteiger charge is -2.32. The number of hydrogen-bond donors (Lipinski definition) is 2. The number of guanidine groups is 1. The largest absolute Gasteiger partial charge is 0.375 e. The number of amides is 1. The first-order valence-corrected chi connectivity index (χ1v) is 10.8. The van der Waals surface area contributed by atoms with Crippen LogP contribution < -0.4 is 20.4 Å². The highest BCUT2D eigenvalue weighted by atomic mass is 127. The molecule has 0 aliphatic carbocycles. The van der Waals surface area contributed by atoms with E-state index in [1.54, 1.807) is 7.05 Å². The molecule has 3 heterocycles. The van der Waals surface area contributed by atoms with E-state index in [9.17, 15) is 4.79 Å². The summed E-state index contributed by atoms with van der Waals surface area (Å²) in [5, 5.41) is 6.74. The summed E-state index contributed by atoms with van der Waals surface area (Å²) in [6.45, 7) is 5.75. The number of carbonyl (C=O) groups excluding carboxylic acids is 1. The van der Waals surface area contributed by atoms with Crippen LogP contribution >= 0.6 is 24.0 Å². The number of aromatic nitrogens is 1. The molecule has 9 heteroatoms. The van der Waals surface area contributed by atoms with Crippen molar-refractivity contribution in [3.05, 3.63) is 54.2 Å². The van der Waals surface area contributed by atoms with Gasteiger partial charge in [0.2, 0.25) is 5.91 Å². The molecule has 2 saturated heterocycles. The number of halogens is 1. The van der Waals surface area contributed by atoms with Crippen molar-refractivity contribution in [2.24, 2.45) is 4.99 Å². The zero-order chi connectivity index (χ0) is 21.6. The lowest BCUT2D eigenvalue weighted by molar-refractivity contribution is -0.117. The third-order valence-electron chi connectivity index (χ3n) is 5.59. The summed E-state index contributed by atoms with van der Waals surface area (Å²) in [7, 11) is 1.74. The molecular formula is C23H31IN6O2. The molecule has 1 aromatic heterocycles. The molecule has 2 fully saturated rings. The van der Waals surface area contributed by atoms with Crippen molar-refractivity contribution in [2.45, 2.75) is 32.0 Å². The van der Waals surface area contributed by atoms with E-state index in [-0.39, 0.29) is 42.0 Å². The van der Waals surface area contributed by atoms with E-state index in [0.717, 1.165) is 36.8 Å². The van der Waals surface area contributed by atoms with Gasteiger partial charge in [-0.2, -0.15) is 0 Å². The second-order valence-corrected chi connectivity index (χ2v) is 7.96. The Morgan fingerprint density at radius 1 is 1.25 bits per heavy atom. The molecule has 4 rings (SSSR count). The van der Waals surface area contributed by atoms with Gasteiger partial charge in [0.05, 0.1) is 18.8 Å². The Morgan fingerprint density at radius 2 is 2.06 bits per heavy atom. The maximum atomic E-state index is 12.5. The minimum atomic E-state index is 0. The Bertz CT molecular complexity index is 926. The number of ether oxygens (including phenoxy) is 1. The Morgan fingerprint density at radius 3 is 2.81 bits per heavy atom. The van der Waals surface area contributed by atoms with Gasteiger partial charge < -0.3 is 25.2 Å². The fourth-order valence-electron chi connectivity index (χ4n) is 4.01. The second-order valence-electron chi connectivity index (χ2n) is 7.96. The van der Waals surface area contributed by atoms with Crippen molar-refractivity contribution in [2.75, 3.05) is 43.1 Å². The molecule has 2 aliphatic heterocycles. The van der Waals surface area contributed by atoms with Gasteiger partial charge in [-0.3, -0.25) is 9.79 Å². The van der Waals surface area contributed by atoms with Crippen molar-refractivity contribution in [1.82, 2.24) is 15.6 Å². The van der Waals surface area contributed by atoms with Crippen molar-refractivity contribution < 1.29 is 9.53 Å². The predicted octanol–water partition coefficient (Wildman–Crippen LogP) is 2.40. The lowest BCUT2D eigenvalue weighted by Crippen LogP contribution is -2.44. The van der Waals surface area contributed by atoms with E-state index in [1.807, 2.05) is 47.5 Å². The van der Waals surface area contributed by atoms with E-state index in [4.69, 9.17) is 4.74 Å². The highest BCUT2D eigenvalue weighted by Crippen LogP contribution is 2.21. The standard InChI is InChI=1S/C23H30N6O2.HI/c1-17-15-28(10-11-31-17)21-12-18(8-9-25-21)14-26-23(24-2)27-19-13-22(30)29(16-19)20-6-4-3-5-7-20;/h3-9,12,17,19H,10-11,13-16H2,1-2H3,(H2,24,26,27);1H. The highest BCUT2D eigenvalue weighted by Gasteiger charge is 2.31. The molecule has 0 radical (unpaired) electrons. The average molecular weight is 550 g/mol. The van der Waals surface area contributed by atoms with Crippen LogP contribution in [0.15, 0.2) is 53.7 Å². The molecular weight excluding hydrogens is 519 g/mol. The molecule has 2 aliphatic rings. The zero-order valence-electron chi connectivity index (χ0n) is 18.5. The van der Waals surface area contributed by atoms with Crippen LogP contribution in [0.4, 0.5) is 11.5 Å². The van der Waals surface area contributed by atoms with Crippen molar-refractivity contribution in [1.29, 1.82) is 0 Å². The maximum Gasteiger partial charge on any atom is 0.229 e. The van der Waals surface area contributed by atoms with Crippen LogP contribution in [0.1, 0.15) is 18.9 Å². The number of morpholine rings is 1. The zero-order valence-corrected chi connectivity index (χ0v) is 20.9. The third kappa shape index (κ3) is 6.10. The van der Waals surface area contributed by atoms with Crippen molar-refractivity contribution in [3.8, 4) is 0 Å². The van der Waals surface area contributed by atoms with E-state index in [2.05, 4.69) is 38.5 Å². The molecule has 0 bridgehead atoms. The summed E-state index contributed by atoms with van der Waals surface area (Å²) < 4.78 is 5.63. The normalized spacial score (nSPS) is 21.3. The predicted molar refractivity (Wildman–Crippen MR) is 138 cm³/mol. The van der Waals surface area contributed by atoms with Crippen LogP contribution in [0.25, 0.3) is 0 Å². The average Bonchev–Trinajstić information content (AvgIpc) is 3.17. The van der Waals surface area contributed by atoms with Crippen LogP contribution in [0.5, 0.6) is 0 Å². The van der Waals surface area contributed by atoms with Gasteiger partial charge in [0.1, 0.15) is 5.82 Å². The first kappa shape index (κ1) is 24.2. The minimum absolute atomic E-state index is 0. The first-order valence-electron chi connectivity index (χ1n) is 10.8. The van der Waals surface area contributed by atoms with Gasteiger partial charge in [-0.1, -0.05) is 18.2 Å². The fourth-order valence-corrected chi connectivity index (χ4v) is 4.01. The van der Waals surface area contributed by atoms with Crippen LogP contribution in [-0.4, -0.2) is 62.3 Å². The fraction of sp³-hybridized carbons (Fsp3) is 0.435. The number of anilines is 2. The van der Waals surface area contributed by atoms with Gasteiger partial charge in [0.25, 0.3) is 0 Å². The molecule has 2 aromatic rings. The van der Waals surface area contributed by atoms with Crippen LogP contribution in [0.2, 0.25) is 0 Å². The van der Waals surface area contributed by atoms with E-state index >= 15 is 0 Å². The van der Waals surface area contributed by atoms with Gasteiger partial charge in [0.15, 0.2) is 5.96 Å². The molecule has 1 aromatic carbocycles. The molecule has 8 nitrogen and oxygen atoms in total. The lowest BCUT2D eigenvalue weighted by atomic mass is 10.2. The van der Waals surface area contributed by atoms with Gasteiger partial charge >= 0.3 is 0 Å². The Hall–Kier alpha value is -2.40. The van der Waals surface area contributed by atoms with Gasteiger partial charge in [0, 0.05) is 51.5 Å². The van der Waals surface area contributed by atoms with Crippen LogP contribution in [0.3, 0.4) is 0 Å². The number of benzene rings is 1. The molecule has 0 saturated carbocycles.